The zero-order chi connectivity index (χ0) is 11.9. The summed E-state index contributed by atoms with van der Waals surface area (Å²) in [4.78, 5) is 0. The zero-order valence-corrected chi connectivity index (χ0v) is 11.1. The van der Waals surface area contributed by atoms with Crippen LogP contribution in [0.1, 0.15) is 41.0 Å². The zero-order valence-electron chi connectivity index (χ0n) is 11.1. The van der Waals surface area contributed by atoms with Crippen LogP contribution in [0.2, 0.25) is 0 Å². The normalized spacial score (nSPS) is 26.1. The molecule has 0 aromatic rings. The summed E-state index contributed by atoms with van der Waals surface area (Å²) in [6.45, 7) is 11.3. The molecule has 0 bridgehead atoms. The number of rotatable bonds is 2. The van der Waals surface area contributed by atoms with Gasteiger partial charge in [0.25, 0.3) is 0 Å². The maximum atomic E-state index is 2.39. The van der Waals surface area contributed by atoms with Gasteiger partial charge in [-0.15, -0.1) is 0 Å². The molecule has 0 nitrogen and oxygen atoms in total. The molecule has 0 fully saturated rings. The smallest absolute Gasteiger partial charge is 0.00216 e. The first-order valence-corrected chi connectivity index (χ1v) is 6.22. The van der Waals surface area contributed by atoms with Gasteiger partial charge in [0.15, 0.2) is 0 Å². The van der Waals surface area contributed by atoms with Gasteiger partial charge in [-0.05, 0) is 58.1 Å². The maximum absolute atomic E-state index is 2.39. The van der Waals surface area contributed by atoms with Crippen LogP contribution in [-0.4, -0.2) is 0 Å². The van der Waals surface area contributed by atoms with Gasteiger partial charge in [-0.25, -0.2) is 0 Å². The Morgan fingerprint density at radius 3 is 1.94 bits per heavy atom. The highest BCUT2D eigenvalue weighted by Crippen LogP contribution is 2.41. The van der Waals surface area contributed by atoms with Crippen LogP contribution >= 0.6 is 0 Å². The highest BCUT2D eigenvalue weighted by Gasteiger charge is 2.26. The largest absolute Gasteiger partial charge is 0.0773 e. The van der Waals surface area contributed by atoms with E-state index in [2.05, 4.69) is 52.8 Å². The molecule has 0 N–H and O–H groups in total. The molecule has 16 heavy (non-hydrogen) atoms. The van der Waals surface area contributed by atoms with Gasteiger partial charge in [-0.1, -0.05) is 34.9 Å². The van der Waals surface area contributed by atoms with Gasteiger partial charge < -0.3 is 0 Å². The van der Waals surface area contributed by atoms with Crippen molar-refractivity contribution in [3.05, 3.63) is 46.1 Å². The van der Waals surface area contributed by atoms with Gasteiger partial charge in [-0.2, -0.15) is 0 Å². The van der Waals surface area contributed by atoms with Gasteiger partial charge in [0.1, 0.15) is 0 Å². The standard InChI is InChI=1S/C16H22/c1-10-6-7-15(8-10)9-16-13(4)11(2)12(3)14(16)5/h6-8,15-16H,9H2,1-5H3. The minimum Gasteiger partial charge on any atom is -0.0773 e. The second kappa shape index (κ2) is 4.08. The fraction of sp³-hybridized carbons (Fsp3) is 0.500. The van der Waals surface area contributed by atoms with E-state index in [0.717, 1.165) is 0 Å². The van der Waals surface area contributed by atoms with Gasteiger partial charge in [0.2, 0.25) is 0 Å². The number of hydrogen-bond donors (Lipinski definition) is 0. The molecule has 0 amide bonds. The van der Waals surface area contributed by atoms with Crippen LogP contribution < -0.4 is 0 Å². The summed E-state index contributed by atoms with van der Waals surface area (Å²) >= 11 is 0. The molecule has 2 aliphatic carbocycles. The van der Waals surface area contributed by atoms with Crippen molar-refractivity contribution in [2.75, 3.05) is 0 Å². The highest BCUT2D eigenvalue weighted by molar-refractivity contribution is 5.46. The van der Waals surface area contributed by atoms with E-state index < -0.39 is 0 Å². The molecular weight excluding hydrogens is 192 g/mol. The van der Waals surface area contributed by atoms with E-state index in [1.165, 1.54) is 23.1 Å². The lowest BCUT2D eigenvalue weighted by Gasteiger charge is -2.17. The number of hydrogen-bond acceptors (Lipinski definition) is 0. The molecule has 0 aliphatic heterocycles. The van der Waals surface area contributed by atoms with E-state index >= 15 is 0 Å². The van der Waals surface area contributed by atoms with Crippen molar-refractivity contribution in [1.29, 1.82) is 0 Å². The summed E-state index contributed by atoms with van der Waals surface area (Å²) in [5, 5.41) is 0. The fourth-order valence-electron chi connectivity index (χ4n) is 2.94. The van der Waals surface area contributed by atoms with Crippen LogP contribution in [0.5, 0.6) is 0 Å². The van der Waals surface area contributed by atoms with Crippen LogP contribution in [0.15, 0.2) is 46.1 Å². The first-order valence-electron chi connectivity index (χ1n) is 6.22. The first kappa shape index (κ1) is 11.4. The fourth-order valence-corrected chi connectivity index (χ4v) is 2.94. The molecule has 0 saturated carbocycles. The monoisotopic (exact) mass is 214 g/mol. The van der Waals surface area contributed by atoms with E-state index in [0.29, 0.717) is 11.8 Å². The van der Waals surface area contributed by atoms with E-state index in [9.17, 15) is 0 Å². The predicted octanol–water partition coefficient (Wildman–Crippen LogP) is 4.81. The van der Waals surface area contributed by atoms with Crippen molar-refractivity contribution in [2.24, 2.45) is 11.8 Å². The van der Waals surface area contributed by atoms with Gasteiger partial charge in [-0.3, -0.25) is 0 Å². The van der Waals surface area contributed by atoms with Gasteiger partial charge in [0, 0.05) is 5.92 Å². The summed E-state index contributed by atoms with van der Waals surface area (Å²) < 4.78 is 0. The lowest BCUT2D eigenvalue weighted by Crippen LogP contribution is -2.06. The van der Waals surface area contributed by atoms with E-state index in [1.54, 1.807) is 11.1 Å². The third kappa shape index (κ3) is 1.81. The molecule has 0 saturated heterocycles. The molecular formula is C16H22. The summed E-state index contributed by atoms with van der Waals surface area (Å²) in [5.41, 5.74) is 7.62. The molecule has 0 aromatic carbocycles. The third-order valence-electron chi connectivity index (χ3n) is 4.38. The van der Waals surface area contributed by atoms with Crippen molar-refractivity contribution < 1.29 is 0 Å². The average Bonchev–Trinajstić information content (AvgIpc) is 2.73. The summed E-state index contributed by atoms with van der Waals surface area (Å²) in [5.74, 6) is 1.32. The molecule has 0 heterocycles. The lowest BCUT2D eigenvalue weighted by molar-refractivity contribution is 0.585. The Labute approximate surface area is 99.4 Å². The Hall–Kier alpha value is -1.04. The van der Waals surface area contributed by atoms with Crippen molar-refractivity contribution in [1.82, 2.24) is 0 Å². The van der Waals surface area contributed by atoms with Crippen molar-refractivity contribution in [2.45, 2.75) is 41.0 Å². The Bertz CT molecular complexity index is 403. The summed E-state index contributed by atoms with van der Waals surface area (Å²) in [6.07, 6.45) is 8.24. The maximum Gasteiger partial charge on any atom is 0.00216 e. The van der Waals surface area contributed by atoms with E-state index in [1.807, 2.05) is 0 Å². The highest BCUT2D eigenvalue weighted by atomic mass is 14.3. The first-order chi connectivity index (χ1) is 7.50. The Kier molecular flexibility index (Phi) is 2.92. The molecule has 0 radical (unpaired) electrons. The second-order valence-corrected chi connectivity index (χ2v) is 5.34. The minimum absolute atomic E-state index is 0.647. The molecule has 2 rings (SSSR count). The van der Waals surface area contributed by atoms with Crippen LogP contribution in [0.25, 0.3) is 0 Å². The molecule has 1 atom stereocenters. The van der Waals surface area contributed by atoms with Crippen molar-refractivity contribution >= 4 is 0 Å². The van der Waals surface area contributed by atoms with Crippen molar-refractivity contribution in [3.63, 3.8) is 0 Å². The SMILES string of the molecule is CC1=CC(CC2C(C)=C(C)C(C)=C2C)C=C1. The van der Waals surface area contributed by atoms with Crippen LogP contribution in [0.4, 0.5) is 0 Å². The second-order valence-electron chi connectivity index (χ2n) is 5.34. The lowest BCUT2D eigenvalue weighted by atomic mass is 9.87. The molecule has 0 spiro atoms. The van der Waals surface area contributed by atoms with Gasteiger partial charge >= 0.3 is 0 Å². The predicted molar refractivity (Wildman–Crippen MR) is 71.2 cm³/mol. The molecule has 86 valence electrons. The van der Waals surface area contributed by atoms with Crippen LogP contribution in [-0.2, 0) is 0 Å². The molecule has 1 unspecified atom stereocenters. The Balaban J connectivity index is 2.16. The van der Waals surface area contributed by atoms with E-state index in [-0.39, 0.29) is 0 Å². The van der Waals surface area contributed by atoms with Crippen molar-refractivity contribution in [3.8, 4) is 0 Å². The Morgan fingerprint density at radius 1 is 0.938 bits per heavy atom. The van der Waals surface area contributed by atoms with E-state index in [4.69, 9.17) is 0 Å². The average molecular weight is 214 g/mol. The topological polar surface area (TPSA) is 0 Å². The van der Waals surface area contributed by atoms with Crippen LogP contribution in [0.3, 0.4) is 0 Å². The summed E-state index contributed by atoms with van der Waals surface area (Å²) in [7, 11) is 0. The quantitative estimate of drug-likeness (QED) is 0.618. The molecule has 0 heteroatoms. The number of allylic oxidation sites excluding steroid dienone is 8. The molecule has 0 aromatic heterocycles. The minimum atomic E-state index is 0.647. The van der Waals surface area contributed by atoms with Crippen LogP contribution in [0, 0.1) is 11.8 Å². The molecule has 2 aliphatic rings. The third-order valence-corrected chi connectivity index (χ3v) is 4.38. The Morgan fingerprint density at radius 2 is 1.50 bits per heavy atom. The summed E-state index contributed by atoms with van der Waals surface area (Å²) in [6, 6.07) is 0. The van der Waals surface area contributed by atoms with Gasteiger partial charge in [0.05, 0.1) is 0 Å².